The van der Waals surface area contributed by atoms with Crippen molar-refractivity contribution in [3.8, 4) is 22.3 Å². The summed E-state index contributed by atoms with van der Waals surface area (Å²) in [5.74, 6) is 1.47. The first kappa shape index (κ1) is 32.7. The highest BCUT2D eigenvalue weighted by molar-refractivity contribution is 6.17. The quantitative estimate of drug-likeness (QED) is 0.138. The van der Waals surface area contributed by atoms with Crippen LogP contribution in [0.5, 0.6) is 0 Å². The lowest BCUT2D eigenvalue weighted by atomic mass is 9.93. The molecule has 2 heterocycles. The number of furan rings is 2. The predicted molar refractivity (Wildman–Crippen MR) is 229 cm³/mol. The van der Waals surface area contributed by atoms with E-state index >= 15 is 0 Å². The van der Waals surface area contributed by atoms with E-state index in [0.717, 1.165) is 89.3 Å². The molecular weight excluding hydrogens is 675 g/mol. The molecule has 1 atom stereocenters. The van der Waals surface area contributed by atoms with Gasteiger partial charge in [0.15, 0.2) is 5.84 Å². The molecule has 2 aromatic heterocycles. The Morgan fingerprint density at radius 1 is 0.655 bits per heavy atom. The monoisotopic (exact) mass is 711 g/mol. The smallest absolute Gasteiger partial charge is 0.156 e. The van der Waals surface area contributed by atoms with Crippen LogP contribution in [0.25, 0.3) is 76.9 Å². The number of hydrogen-bond acceptors (Lipinski definition) is 3. The number of aliphatic imine (C=N–C) groups is 2. The Bertz CT molecular complexity index is 3080. The average molecular weight is 712 g/mol. The van der Waals surface area contributed by atoms with Crippen molar-refractivity contribution in [2.24, 2.45) is 21.6 Å². The van der Waals surface area contributed by atoms with Crippen molar-refractivity contribution in [3.63, 3.8) is 0 Å². The van der Waals surface area contributed by atoms with Gasteiger partial charge in [-0.25, -0.2) is 4.99 Å². The Balaban J connectivity index is 1.06. The van der Waals surface area contributed by atoms with Crippen LogP contribution in [0.1, 0.15) is 24.5 Å². The maximum Gasteiger partial charge on any atom is 0.156 e. The highest BCUT2D eigenvalue weighted by Gasteiger charge is 2.19. The molecule has 0 spiro atoms. The molecular formula is C50H37N3O2. The van der Waals surface area contributed by atoms with E-state index in [1.54, 1.807) is 0 Å². The van der Waals surface area contributed by atoms with Crippen LogP contribution in [0.15, 0.2) is 188 Å². The number of nitrogens with zero attached hydrogens (tertiary/aromatic N) is 2. The maximum atomic E-state index is 6.91. The van der Waals surface area contributed by atoms with Crippen LogP contribution in [-0.2, 0) is 6.54 Å². The number of allylic oxidation sites excluding steroid dienone is 2. The Morgan fingerprint density at radius 3 is 2.20 bits per heavy atom. The molecule has 0 saturated carbocycles. The van der Waals surface area contributed by atoms with Crippen LogP contribution in [0, 0.1) is 5.92 Å². The van der Waals surface area contributed by atoms with Crippen molar-refractivity contribution in [2.45, 2.75) is 19.9 Å². The molecule has 10 rings (SSSR count). The molecule has 0 radical (unpaired) electrons. The normalized spacial score (nSPS) is 15.1. The number of fused-ring (bicyclic) bond motifs is 7. The summed E-state index contributed by atoms with van der Waals surface area (Å²) < 4.78 is 12.8. The van der Waals surface area contributed by atoms with Gasteiger partial charge in [0.25, 0.3) is 0 Å². The van der Waals surface area contributed by atoms with Crippen molar-refractivity contribution >= 4 is 66.3 Å². The molecule has 0 aliphatic heterocycles. The number of hydrogen-bond donors (Lipinski definition) is 1. The van der Waals surface area contributed by atoms with Crippen LogP contribution in [0.2, 0.25) is 0 Å². The van der Waals surface area contributed by atoms with E-state index in [2.05, 4.69) is 116 Å². The molecule has 9 aromatic rings. The van der Waals surface area contributed by atoms with Gasteiger partial charge in [0.2, 0.25) is 0 Å². The molecule has 5 heteroatoms. The fourth-order valence-electron chi connectivity index (χ4n) is 7.90. The molecule has 0 amide bonds. The van der Waals surface area contributed by atoms with Crippen molar-refractivity contribution in [3.05, 3.63) is 181 Å². The number of benzene rings is 7. The lowest BCUT2D eigenvalue weighted by molar-refractivity contribution is 0.668. The van der Waals surface area contributed by atoms with Gasteiger partial charge >= 0.3 is 0 Å². The Morgan fingerprint density at radius 2 is 1.36 bits per heavy atom. The van der Waals surface area contributed by atoms with E-state index < -0.39 is 0 Å². The molecule has 7 aromatic carbocycles. The van der Waals surface area contributed by atoms with Crippen LogP contribution < -0.4 is 5.73 Å². The topological polar surface area (TPSA) is 77.0 Å². The second-order valence-electron chi connectivity index (χ2n) is 14.4. The highest BCUT2D eigenvalue weighted by Crippen LogP contribution is 2.42. The van der Waals surface area contributed by atoms with Crippen molar-refractivity contribution < 1.29 is 8.83 Å². The van der Waals surface area contributed by atoms with Gasteiger partial charge in [0.05, 0.1) is 6.54 Å². The van der Waals surface area contributed by atoms with Crippen molar-refractivity contribution in [1.29, 1.82) is 0 Å². The van der Waals surface area contributed by atoms with E-state index in [-0.39, 0.29) is 0 Å². The molecule has 1 aliphatic rings. The van der Waals surface area contributed by atoms with Gasteiger partial charge in [0, 0.05) is 38.2 Å². The third-order valence-electron chi connectivity index (χ3n) is 10.7. The second-order valence-corrected chi connectivity index (χ2v) is 14.4. The minimum absolute atomic E-state index is 0.404. The van der Waals surface area contributed by atoms with Gasteiger partial charge in [-0.1, -0.05) is 134 Å². The van der Waals surface area contributed by atoms with Gasteiger partial charge in [-0.3, -0.25) is 4.99 Å². The highest BCUT2D eigenvalue weighted by atomic mass is 16.3. The van der Waals surface area contributed by atoms with Gasteiger partial charge in [-0.2, -0.15) is 0 Å². The van der Waals surface area contributed by atoms with Crippen molar-refractivity contribution in [1.82, 2.24) is 0 Å². The van der Waals surface area contributed by atoms with Crippen LogP contribution >= 0.6 is 0 Å². The minimum atomic E-state index is 0.404. The summed E-state index contributed by atoms with van der Waals surface area (Å²) in [6.07, 6.45) is 7.46. The molecule has 1 aliphatic carbocycles. The van der Waals surface area contributed by atoms with Crippen LogP contribution in [0.4, 0.5) is 0 Å². The summed E-state index contributed by atoms with van der Waals surface area (Å²) in [6.45, 7) is 2.64. The summed E-state index contributed by atoms with van der Waals surface area (Å²) in [6, 6.07) is 50.3. The zero-order valence-electron chi connectivity index (χ0n) is 30.4. The standard InChI is InChI=1S/C50H37N3O2/c1-31-20-22-33(23-21-31)50(52-30-38-14-9-19-45-46(38)41-15-4-6-17-43(41)54-45)53-49(51)37-13-8-12-35(29-37)39-26-27-40(36-25-24-32-10-2-3-11-34(32)28-36)48-47(39)42-16-5-7-18-44(42)55-48/h2-20,22-29,31H,21,30H2,1H3,(H2,51,52,53). The number of nitrogens with two attached hydrogens (primary N) is 1. The second kappa shape index (κ2) is 13.5. The SMILES string of the molecule is CC1C=CC(C(=N/Cc2cccc3oc4ccccc4c23)/N=C(\N)c2cccc(-c3ccc(-c4ccc5ccccc5c4)c4oc5ccccc5c34)c2)=CC1. The Labute approximate surface area is 318 Å². The zero-order valence-corrected chi connectivity index (χ0v) is 30.4. The van der Waals surface area contributed by atoms with E-state index in [1.165, 1.54) is 10.8 Å². The predicted octanol–water partition coefficient (Wildman–Crippen LogP) is 12.8. The van der Waals surface area contributed by atoms with E-state index in [1.807, 2.05) is 54.6 Å². The number of para-hydroxylation sites is 2. The van der Waals surface area contributed by atoms with Crippen LogP contribution in [-0.4, -0.2) is 11.7 Å². The van der Waals surface area contributed by atoms with Crippen molar-refractivity contribution in [2.75, 3.05) is 0 Å². The largest absolute Gasteiger partial charge is 0.456 e. The fourth-order valence-corrected chi connectivity index (χ4v) is 7.90. The first-order valence-corrected chi connectivity index (χ1v) is 18.8. The van der Waals surface area contributed by atoms with E-state index in [4.69, 9.17) is 24.6 Å². The molecule has 5 nitrogen and oxygen atoms in total. The molecule has 1 unspecified atom stereocenters. The third kappa shape index (κ3) is 5.91. The fraction of sp³-hybridized carbons (Fsp3) is 0.0800. The third-order valence-corrected chi connectivity index (χ3v) is 10.7. The van der Waals surface area contributed by atoms with Gasteiger partial charge in [0.1, 0.15) is 28.2 Å². The van der Waals surface area contributed by atoms with Gasteiger partial charge < -0.3 is 14.6 Å². The molecule has 2 N–H and O–H groups in total. The minimum Gasteiger partial charge on any atom is -0.456 e. The van der Waals surface area contributed by atoms with E-state index in [0.29, 0.717) is 24.1 Å². The molecule has 264 valence electrons. The first-order valence-electron chi connectivity index (χ1n) is 18.8. The summed E-state index contributed by atoms with van der Waals surface area (Å²) in [5.41, 5.74) is 17.5. The summed E-state index contributed by atoms with van der Waals surface area (Å²) in [5, 5.41) is 6.71. The first-order chi connectivity index (χ1) is 27.1. The molecule has 0 saturated heterocycles. The van der Waals surface area contributed by atoms with Gasteiger partial charge in [-0.05, 0) is 81.8 Å². The average Bonchev–Trinajstić information content (AvgIpc) is 3.82. The Kier molecular flexibility index (Phi) is 7.99. The zero-order chi connectivity index (χ0) is 36.9. The summed E-state index contributed by atoms with van der Waals surface area (Å²) >= 11 is 0. The Hall–Kier alpha value is -6.98. The lowest BCUT2D eigenvalue weighted by Gasteiger charge is -2.13. The number of rotatable bonds is 6. The van der Waals surface area contributed by atoms with Gasteiger partial charge in [-0.15, -0.1) is 0 Å². The summed E-state index contributed by atoms with van der Waals surface area (Å²) in [7, 11) is 0. The molecule has 0 fully saturated rings. The summed E-state index contributed by atoms with van der Waals surface area (Å²) in [4.78, 5) is 10.2. The van der Waals surface area contributed by atoms with E-state index in [9.17, 15) is 0 Å². The number of amidine groups is 2. The lowest BCUT2D eigenvalue weighted by Crippen LogP contribution is -2.17. The maximum absolute atomic E-state index is 6.91. The van der Waals surface area contributed by atoms with Crippen LogP contribution in [0.3, 0.4) is 0 Å². The molecule has 55 heavy (non-hydrogen) atoms. The molecule has 0 bridgehead atoms.